The van der Waals surface area contributed by atoms with Gasteiger partial charge in [0.2, 0.25) is 0 Å². The van der Waals surface area contributed by atoms with E-state index in [9.17, 15) is 15.0 Å². The highest BCUT2D eigenvalue weighted by molar-refractivity contribution is 6.22. The number of phenols is 1. The van der Waals surface area contributed by atoms with Crippen molar-refractivity contribution in [3.63, 3.8) is 0 Å². The van der Waals surface area contributed by atoms with Gasteiger partial charge in [-0.15, -0.1) is 0 Å². The Kier molecular flexibility index (Phi) is 4.19. The Morgan fingerprint density at radius 3 is 2.43 bits per heavy atom. The Bertz CT molecular complexity index is 651. The van der Waals surface area contributed by atoms with Gasteiger partial charge >= 0.3 is 0 Å². The van der Waals surface area contributed by atoms with Crippen LogP contribution in [0.1, 0.15) is 49.7 Å². The first-order valence-corrected chi connectivity index (χ1v) is 8.22. The number of aryl methyl sites for hydroxylation is 1. The van der Waals surface area contributed by atoms with Gasteiger partial charge in [-0.25, -0.2) is 0 Å². The molecule has 124 valence electrons. The fourth-order valence-corrected chi connectivity index (χ4v) is 4.12. The molecule has 0 aliphatic heterocycles. The number of benzene rings is 1. The highest BCUT2D eigenvalue weighted by Gasteiger charge is 2.43. The van der Waals surface area contributed by atoms with E-state index in [1.54, 1.807) is 25.3 Å². The van der Waals surface area contributed by atoms with Crippen LogP contribution >= 0.6 is 0 Å². The number of carbonyl (C=O) groups is 1. The van der Waals surface area contributed by atoms with Crippen molar-refractivity contribution < 1.29 is 19.7 Å². The highest BCUT2D eigenvalue weighted by atomic mass is 16.5. The maximum absolute atomic E-state index is 12.8. The van der Waals surface area contributed by atoms with Crippen molar-refractivity contribution in [3.8, 4) is 5.75 Å². The smallest absolute Gasteiger partial charge is 0.167 e. The SMILES string of the molecule is COC1CCC2(CC1)CC(=O)C(c1ccc(O)cc1C)=C(O)C2. The highest BCUT2D eigenvalue weighted by Crippen LogP contribution is 2.49. The second-order valence-corrected chi connectivity index (χ2v) is 7.03. The van der Waals surface area contributed by atoms with E-state index in [2.05, 4.69) is 0 Å². The van der Waals surface area contributed by atoms with Gasteiger partial charge in [0.15, 0.2) is 5.78 Å². The number of aromatic hydroxyl groups is 1. The first-order valence-electron chi connectivity index (χ1n) is 8.22. The van der Waals surface area contributed by atoms with Crippen molar-refractivity contribution in [1.29, 1.82) is 0 Å². The predicted molar refractivity (Wildman–Crippen MR) is 88.3 cm³/mol. The lowest BCUT2D eigenvalue weighted by Crippen LogP contribution is -2.36. The summed E-state index contributed by atoms with van der Waals surface area (Å²) in [5, 5.41) is 20.1. The van der Waals surface area contributed by atoms with Crippen LogP contribution in [0.25, 0.3) is 5.57 Å². The fraction of sp³-hybridized carbons (Fsp3) is 0.526. The molecule has 0 bridgehead atoms. The minimum Gasteiger partial charge on any atom is -0.512 e. The molecule has 0 radical (unpaired) electrons. The van der Waals surface area contributed by atoms with Crippen LogP contribution in [0.15, 0.2) is 24.0 Å². The molecule has 2 N–H and O–H groups in total. The number of methoxy groups -OCH3 is 1. The molecule has 4 nitrogen and oxygen atoms in total. The molecule has 0 heterocycles. The summed E-state index contributed by atoms with van der Waals surface area (Å²) in [7, 11) is 1.73. The van der Waals surface area contributed by atoms with Crippen molar-refractivity contribution in [2.75, 3.05) is 7.11 Å². The molecule has 0 amide bonds. The standard InChI is InChI=1S/C19H24O4/c1-12-9-13(20)3-4-15(12)18-16(21)10-19(11-17(18)22)7-5-14(23-2)6-8-19/h3-4,9,14,20-21H,5-8,10-11H2,1-2H3. The van der Waals surface area contributed by atoms with Gasteiger partial charge < -0.3 is 14.9 Å². The van der Waals surface area contributed by atoms with E-state index in [-0.39, 0.29) is 28.8 Å². The maximum atomic E-state index is 12.8. The Balaban J connectivity index is 1.89. The summed E-state index contributed by atoms with van der Waals surface area (Å²) in [5.41, 5.74) is 1.86. The summed E-state index contributed by atoms with van der Waals surface area (Å²) in [6, 6.07) is 4.90. The van der Waals surface area contributed by atoms with Crippen molar-refractivity contribution in [3.05, 3.63) is 35.1 Å². The molecular formula is C19H24O4. The zero-order valence-corrected chi connectivity index (χ0v) is 13.8. The number of Topliss-reactive ketones (excluding diaryl/α,β-unsaturated/α-hetero) is 1. The van der Waals surface area contributed by atoms with Crippen LogP contribution < -0.4 is 0 Å². The van der Waals surface area contributed by atoms with Gasteiger partial charge in [-0.2, -0.15) is 0 Å². The van der Waals surface area contributed by atoms with Crippen molar-refractivity contribution in [2.24, 2.45) is 5.41 Å². The number of ketones is 1. The number of ether oxygens (including phenoxy) is 1. The van der Waals surface area contributed by atoms with Gasteiger partial charge in [-0.3, -0.25) is 4.79 Å². The Labute approximate surface area is 136 Å². The molecule has 0 aromatic heterocycles. The molecule has 3 rings (SSSR count). The third-order valence-corrected chi connectivity index (χ3v) is 5.45. The summed E-state index contributed by atoms with van der Waals surface area (Å²) in [5.74, 6) is 0.383. The van der Waals surface area contributed by atoms with Crippen molar-refractivity contribution >= 4 is 11.4 Å². The molecule has 2 aliphatic rings. The topological polar surface area (TPSA) is 66.8 Å². The number of hydrogen-bond donors (Lipinski definition) is 2. The van der Waals surface area contributed by atoms with Crippen molar-refractivity contribution in [2.45, 2.75) is 51.6 Å². The van der Waals surface area contributed by atoms with Crippen LogP contribution in [0.2, 0.25) is 0 Å². The lowest BCUT2D eigenvalue weighted by Gasteiger charge is -2.42. The molecule has 0 unspecified atom stereocenters. The maximum Gasteiger partial charge on any atom is 0.167 e. The predicted octanol–water partition coefficient (Wildman–Crippen LogP) is 3.91. The quantitative estimate of drug-likeness (QED) is 0.868. The molecule has 0 atom stereocenters. The number of aliphatic hydroxyl groups is 1. The summed E-state index contributed by atoms with van der Waals surface area (Å²) in [6.07, 6.45) is 5.07. The van der Waals surface area contributed by atoms with Gasteiger partial charge in [0.05, 0.1) is 11.7 Å². The van der Waals surface area contributed by atoms with Crippen LogP contribution in [0.4, 0.5) is 0 Å². The molecule has 0 saturated heterocycles. The molecular weight excluding hydrogens is 292 g/mol. The number of allylic oxidation sites excluding steroid dienone is 2. The van der Waals surface area contributed by atoms with Crippen LogP contribution in [0, 0.1) is 12.3 Å². The zero-order chi connectivity index (χ0) is 16.6. The van der Waals surface area contributed by atoms with E-state index >= 15 is 0 Å². The molecule has 23 heavy (non-hydrogen) atoms. The van der Waals surface area contributed by atoms with Crippen LogP contribution in [-0.2, 0) is 9.53 Å². The Hall–Kier alpha value is -1.81. The Morgan fingerprint density at radius 2 is 1.87 bits per heavy atom. The molecule has 1 spiro atoms. The second-order valence-electron chi connectivity index (χ2n) is 7.03. The summed E-state index contributed by atoms with van der Waals surface area (Å²) < 4.78 is 5.41. The van der Waals surface area contributed by atoms with Crippen LogP contribution in [-0.4, -0.2) is 29.2 Å². The average molecular weight is 316 g/mol. The number of hydrogen-bond acceptors (Lipinski definition) is 4. The lowest BCUT2D eigenvalue weighted by molar-refractivity contribution is -0.118. The number of aliphatic hydroxyl groups excluding tert-OH is 1. The van der Waals surface area contributed by atoms with E-state index in [1.807, 2.05) is 6.92 Å². The second kappa shape index (κ2) is 6.00. The van der Waals surface area contributed by atoms with Gasteiger partial charge in [0.25, 0.3) is 0 Å². The molecule has 1 aromatic carbocycles. The fourth-order valence-electron chi connectivity index (χ4n) is 4.12. The minimum atomic E-state index is -0.107. The van der Waals surface area contributed by atoms with E-state index in [1.165, 1.54) is 0 Å². The van der Waals surface area contributed by atoms with Gasteiger partial charge in [-0.1, -0.05) is 6.07 Å². The van der Waals surface area contributed by atoms with E-state index < -0.39 is 0 Å². The molecule has 1 aromatic rings. The van der Waals surface area contributed by atoms with Crippen molar-refractivity contribution in [1.82, 2.24) is 0 Å². The first kappa shape index (κ1) is 16.1. The van der Waals surface area contributed by atoms with Crippen LogP contribution in [0.3, 0.4) is 0 Å². The monoisotopic (exact) mass is 316 g/mol. The van der Waals surface area contributed by atoms with Gasteiger partial charge in [-0.05, 0) is 61.3 Å². The largest absolute Gasteiger partial charge is 0.512 e. The first-order chi connectivity index (χ1) is 10.9. The summed E-state index contributed by atoms with van der Waals surface area (Å²) >= 11 is 0. The third-order valence-electron chi connectivity index (χ3n) is 5.45. The summed E-state index contributed by atoms with van der Waals surface area (Å²) in [4.78, 5) is 12.8. The minimum absolute atomic E-state index is 0.0124. The Morgan fingerprint density at radius 1 is 1.17 bits per heavy atom. The number of phenolic OH excluding ortho intramolecular Hbond substituents is 1. The van der Waals surface area contributed by atoms with Gasteiger partial charge in [0.1, 0.15) is 11.5 Å². The normalized spacial score (nSPS) is 28.4. The zero-order valence-electron chi connectivity index (χ0n) is 13.8. The summed E-state index contributed by atoms with van der Waals surface area (Å²) in [6.45, 7) is 1.84. The molecule has 4 heteroatoms. The molecule has 1 fully saturated rings. The lowest BCUT2D eigenvalue weighted by atomic mass is 9.64. The average Bonchev–Trinajstić information content (AvgIpc) is 2.49. The number of carbonyl (C=O) groups excluding carboxylic acids is 1. The number of rotatable bonds is 2. The van der Waals surface area contributed by atoms with Gasteiger partial charge in [0, 0.05) is 20.0 Å². The molecule has 1 saturated carbocycles. The van der Waals surface area contributed by atoms with E-state index in [0.717, 1.165) is 36.8 Å². The van der Waals surface area contributed by atoms with E-state index in [4.69, 9.17) is 4.74 Å². The van der Waals surface area contributed by atoms with E-state index in [0.29, 0.717) is 18.4 Å². The third kappa shape index (κ3) is 3.00. The molecule has 2 aliphatic carbocycles. The van der Waals surface area contributed by atoms with Crippen LogP contribution in [0.5, 0.6) is 5.75 Å².